The van der Waals surface area contributed by atoms with Crippen LogP contribution >= 0.6 is 0 Å². The van der Waals surface area contributed by atoms with Crippen molar-refractivity contribution in [3.05, 3.63) is 224 Å². The van der Waals surface area contributed by atoms with E-state index in [-0.39, 0.29) is 0 Å². The summed E-state index contributed by atoms with van der Waals surface area (Å²) in [5.74, 6) is 0. The van der Waals surface area contributed by atoms with Gasteiger partial charge in [-0.15, -0.1) is 0 Å². The maximum Gasteiger partial charge on any atom is 0.159 e. The monoisotopic (exact) mass is 803 g/mol. The van der Waals surface area contributed by atoms with Gasteiger partial charge in [0.15, 0.2) is 5.58 Å². The summed E-state index contributed by atoms with van der Waals surface area (Å²) < 4.78 is 11.4. The van der Waals surface area contributed by atoms with Gasteiger partial charge in [0.2, 0.25) is 0 Å². The normalized spacial score (nSPS) is 11.8. The van der Waals surface area contributed by atoms with E-state index in [0.29, 0.717) is 0 Å². The molecule has 0 aliphatic heterocycles. The summed E-state index contributed by atoms with van der Waals surface area (Å²) in [5.41, 5.74) is 17.1. The van der Waals surface area contributed by atoms with Crippen LogP contribution in [-0.2, 0) is 0 Å². The van der Waals surface area contributed by atoms with Crippen molar-refractivity contribution in [3.63, 3.8) is 0 Å². The SMILES string of the molecule is c1ccc(-c2cccc(-c3cc(-c4ccccc4)cc(-c4cccc(-n5c6ccccc6c6cc7c(cc65)c5ccccc5n7-c5cccc6c5oc5ccccc56)c4)n3)c2)cc1. The van der Waals surface area contributed by atoms with Crippen LogP contribution < -0.4 is 0 Å². The molecule has 63 heavy (non-hydrogen) atoms. The molecule has 294 valence electrons. The van der Waals surface area contributed by atoms with Crippen molar-refractivity contribution >= 4 is 65.6 Å². The molecule has 0 bridgehead atoms. The van der Waals surface area contributed by atoms with E-state index in [1.54, 1.807) is 0 Å². The first kappa shape index (κ1) is 35.3. The zero-order valence-corrected chi connectivity index (χ0v) is 34.1. The van der Waals surface area contributed by atoms with E-state index >= 15 is 0 Å². The Morgan fingerprint density at radius 3 is 1.52 bits per heavy atom. The molecule has 4 nitrogen and oxygen atoms in total. The van der Waals surface area contributed by atoms with Crippen LogP contribution in [-0.4, -0.2) is 14.1 Å². The Morgan fingerprint density at radius 2 is 0.810 bits per heavy atom. The molecule has 0 amide bonds. The number of hydrogen-bond donors (Lipinski definition) is 0. The number of aromatic nitrogens is 3. The molecule has 4 heterocycles. The number of nitrogens with zero attached hydrogens (tertiary/aromatic N) is 3. The molecule has 0 aliphatic carbocycles. The van der Waals surface area contributed by atoms with Crippen molar-refractivity contribution in [3.8, 4) is 56.1 Å². The highest BCUT2D eigenvalue weighted by Gasteiger charge is 2.21. The Bertz CT molecular complexity index is 3910. The lowest BCUT2D eigenvalue weighted by atomic mass is 9.98. The van der Waals surface area contributed by atoms with Crippen molar-refractivity contribution < 1.29 is 4.42 Å². The predicted molar refractivity (Wildman–Crippen MR) is 262 cm³/mol. The van der Waals surface area contributed by atoms with E-state index in [9.17, 15) is 0 Å². The first-order valence-corrected chi connectivity index (χ1v) is 21.4. The van der Waals surface area contributed by atoms with Crippen molar-refractivity contribution in [2.45, 2.75) is 0 Å². The number of fused-ring (bicyclic) bond motifs is 9. The molecule has 0 unspecified atom stereocenters. The molecule has 13 rings (SSSR count). The Balaban J connectivity index is 1.01. The van der Waals surface area contributed by atoms with Crippen LogP contribution in [0.1, 0.15) is 0 Å². The second-order valence-electron chi connectivity index (χ2n) is 16.3. The first-order chi connectivity index (χ1) is 31.2. The second-order valence-corrected chi connectivity index (χ2v) is 16.3. The van der Waals surface area contributed by atoms with Crippen molar-refractivity contribution in [2.75, 3.05) is 0 Å². The van der Waals surface area contributed by atoms with Gasteiger partial charge in [0, 0.05) is 49.1 Å². The summed E-state index contributed by atoms with van der Waals surface area (Å²) in [6.07, 6.45) is 0. The highest BCUT2D eigenvalue weighted by atomic mass is 16.3. The zero-order valence-electron chi connectivity index (χ0n) is 34.1. The summed E-state index contributed by atoms with van der Waals surface area (Å²) in [5, 5.41) is 7.00. The summed E-state index contributed by atoms with van der Waals surface area (Å²) in [6, 6.07) is 80.2. The highest BCUT2D eigenvalue weighted by Crippen LogP contribution is 2.42. The maximum atomic E-state index is 6.63. The van der Waals surface area contributed by atoms with E-state index in [0.717, 1.165) is 89.0 Å². The number of rotatable bonds is 6. The number of furan rings is 1. The van der Waals surface area contributed by atoms with Crippen molar-refractivity contribution in [1.29, 1.82) is 0 Å². The van der Waals surface area contributed by atoms with Gasteiger partial charge in [0.1, 0.15) is 5.58 Å². The summed E-state index contributed by atoms with van der Waals surface area (Å²) >= 11 is 0. The average molecular weight is 804 g/mol. The van der Waals surface area contributed by atoms with Crippen LogP contribution in [0, 0.1) is 0 Å². The zero-order chi connectivity index (χ0) is 41.4. The molecular weight excluding hydrogens is 767 g/mol. The van der Waals surface area contributed by atoms with Crippen LogP contribution in [0.4, 0.5) is 0 Å². The molecule has 0 aliphatic rings. The minimum Gasteiger partial charge on any atom is -0.454 e. The molecule has 0 fully saturated rings. The van der Waals surface area contributed by atoms with Gasteiger partial charge >= 0.3 is 0 Å². The quantitative estimate of drug-likeness (QED) is 0.168. The van der Waals surface area contributed by atoms with Gasteiger partial charge in [-0.2, -0.15) is 0 Å². The molecule has 13 aromatic rings. The lowest BCUT2D eigenvalue weighted by Crippen LogP contribution is -1.96. The molecule has 9 aromatic carbocycles. The van der Waals surface area contributed by atoms with Gasteiger partial charge in [0.05, 0.1) is 39.1 Å². The van der Waals surface area contributed by atoms with Crippen LogP contribution in [0.15, 0.2) is 229 Å². The topological polar surface area (TPSA) is 35.9 Å². The van der Waals surface area contributed by atoms with E-state index < -0.39 is 0 Å². The minimum absolute atomic E-state index is 0.887. The Morgan fingerprint density at radius 1 is 0.302 bits per heavy atom. The van der Waals surface area contributed by atoms with Gasteiger partial charge < -0.3 is 13.6 Å². The average Bonchev–Trinajstić information content (AvgIpc) is 4.01. The van der Waals surface area contributed by atoms with Crippen LogP contribution in [0.2, 0.25) is 0 Å². The van der Waals surface area contributed by atoms with E-state index in [4.69, 9.17) is 9.40 Å². The number of para-hydroxylation sites is 4. The van der Waals surface area contributed by atoms with Crippen molar-refractivity contribution in [2.24, 2.45) is 0 Å². The van der Waals surface area contributed by atoms with Gasteiger partial charge in [-0.25, -0.2) is 4.98 Å². The third kappa shape index (κ3) is 5.66. The van der Waals surface area contributed by atoms with E-state index in [1.165, 1.54) is 32.7 Å². The maximum absolute atomic E-state index is 6.63. The molecule has 0 saturated carbocycles. The number of benzene rings is 9. The third-order valence-corrected chi connectivity index (χ3v) is 12.7. The molecule has 0 N–H and O–H groups in total. The molecule has 4 aromatic heterocycles. The van der Waals surface area contributed by atoms with Gasteiger partial charge in [-0.05, 0) is 89.0 Å². The Kier molecular flexibility index (Phi) is 7.87. The molecule has 0 radical (unpaired) electrons. The van der Waals surface area contributed by atoms with Crippen LogP contribution in [0.25, 0.3) is 122 Å². The largest absolute Gasteiger partial charge is 0.454 e. The predicted octanol–water partition coefficient (Wildman–Crippen LogP) is 15.8. The molecule has 0 saturated heterocycles. The summed E-state index contributed by atoms with van der Waals surface area (Å²) in [7, 11) is 0. The summed E-state index contributed by atoms with van der Waals surface area (Å²) in [4.78, 5) is 5.40. The minimum atomic E-state index is 0.887. The fourth-order valence-electron chi connectivity index (χ4n) is 9.79. The molecule has 0 spiro atoms. The van der Waals surface area contributed by atoms with E-state index in [2.05, 4.69) is 228 Å². The molecular formula is C59H37N3O. The summed E-state index contributed by atoms with van der Waals surface area (Å²) in [6.45, 7) is 0. The van der Waals surface area contributed by atoms with Crippen molar-refractivity contribution in [1.82, 2.24) is 14.1 Å². The van der Waals surface area contributed by atoms with Gasteiger partial charge in [-0.1, -0.05) is 158 Å². The standard InChI is InChI=1S/C59H37N3O/c1-3-16-38(17-4-1)40-20-13-21-41(32-40)51-34-43(39-18-5-2-6-19-39)35-52(60-51)42-22-14-23-44(33-42)61-53-28-10-7-24-45(53)49-37-57-50(36-56(49)61)46-25-8-11-29-54(46)62(57)55-30-15-27-48-47-26-9-12-31-58(47)63-59(48)55/h1-37H. The van der Waals surface area contributed by atoms with Gasteiger partial charge in [0.25, 0.3) is 0 Å². The number of pyridine rings is 1. The first-order valence-electron chi connectivity index (χ1n) is 21.4. The van der Waals surface area contributed by atoms with Crippen LogP contribution in [0.5, 0.6) is 0 Å². The lowest BCUT2D eigenvalue weighted by molar-refractivity contribution is 0.666. The van der Waals surface area contributed by atoms with Gasteiger partial charge in [-0.3, -0.25) is 0 Å². The lowest BCUT2D eigenvalue weighted by Gasteiger charge is -2.13. The van der Waals surface area contributed by atoms with E-state index in [1.807, 2.05) is 6.07 Å². The molecule has 4 heteroatoms. The highest BCUT2D eigenvalue weighted by molar-refractivity contribution is 6.20. The smallest absolute Gasteiger partial charge is 0.159 e. The number of hydrogen-bond acceptors (Lipinski definition) is 2. The Labute approximate surface area is 363 Å². The fourth-order valence-corrected chi connectivity index (χ4v) is 9.79. The fraction of sp³-hybridized carbons (Fsp3) is 0. The third-order valence-electron chi connectivity index (χ3n) is 12.7. The molecule has 0 atom stereocenters. The van der Waals surface area contributed by atoms with Crippen LogP contribution in [0.3, 0.4) is 0 Å². The second kappa shape index (κ2) is 14.1. The Hall–Kier alpha value is -8.47.